The summed E-state index contributed by atoms with van der Waals surface area (Å²) >= 11 is 0. The smallest absolute Gasteiger partial charge is 0.252 e. The van der Waals surface area contributed by atoms with Crippen LogP contribution in [-0.2, 0) is 17.1 Å². The molecule has 1 aromatic heterocycles. The summed E-state index contributed by atoms with van der Waals surface area (Å²) in [5, 5.41) is 2.80. The Hall–Kier alpha value is -3.20. The van der Waals surface area contributed by atoms with E-state index in [-0.39, 0.29) is 11.1 Å². The molecule has 0 fully saturated rings. The second-order valence-corrected chi connectivity index (χ2v) is 8.48. The number of amides is 1. The number of nitrogens with zero attached hydrogens (tertiary/aromatic N) is 2. The van der Waals surface area contributed by atoms with E-state index in [0.717, 1.165) is 6.26 Å². The van der Waals surface area contributed by atoms with Crippen LogP contribution in [0.3, 0.4) is 0 Å². The van der Waals surface area contributed by atoms with Crippen LogP contribution in [0.25, 0.3) is 0 Å². The third-order valence-electron chi connectivity index (χ3n) is 4.40. The highest BCUT2D eigenvalue weighted by molar-refractivity contribution is 7.92. The lowest BCUT2D eigenvalue weighted by Gasteiger charge is -2.20. The maximum Gasteiger partial charge on any atom is 0.252 e. The van der Waals surface area contributed by atoms with Crippen molar-refractivity contribution in [3.63, 3.8) is 0 Å². The Balaban J connectivity index is 1.97. The van der Waals surface area contributed by atoms with Crippen molar-refractivity contribution in [2.75, 3.05) is 11.0 Å². The number of imidazole rings is 1. The molecule has 2 N–H and O–H groups in total. The number of aromatic nitrogens is 2. The van der Waals surface area contributed by atoms with Crippen LogP contribution in [0.4, 0.5) is 10.1 Å². The number of aryl methyl sites for hydroxylation is 2. The lowest BCUT2D eigenvalue weighted by Crippen LogP contribution is -2.31. The van der Waals surface area contributed by atoms with Gasteiger partial charge in [0, 0.05) is 30.6 Å². The minimum atomic E-state index is -3.50. The molecule has 1 heterocycles. The Morgan fingerprint density at radius 3 is 2.55 bits per heavy atom. The van der Waals surface area contributed by atoms with Crippen molar-refractivity contribution in [2.24, 2.45) is 7.05 Å². The van der Waals surface area contributed by atoms with E-state index in [0.29, 0.717) is 17.1 Å². The number of sulfonamides is 1. The van der Waals surface area contributed by atoms with Gasteiger partial charge in [-0.2, -0.15) is 0 Å². The monoisotopic (exact) mass is 416 g/mol. The SMILES string of the molecule is Cc1ccc(C(=O)NC(c2ccccc2F)c2nccn2C)cc1NS(C)(=O)=O. The first-order valence-corrected chi connectivity index (χ1v) is 10.7. The lowest BCUT2D eigenvalue weighted by molar-refractivity contribution is 0.0940. The average Bonchev–Trinajstić information content (AvgIpc) is 3.06. The van der Waals surface area contributed by atoms with Gasteiger partial charge >= 0.3 is 0 Å². The van der Waals surface area contributed by atoms with Crippen molar-refractivity contribution in [1.29, 1.82) is 0 Å². The highest BCUT2D eigenvalue weighted by atomic mass is 32.2. The number of carbonyl (C=O) groups excluding carboxylic acids is 1. The predicted octanol–water partition coefficient (Wildman–Crippen LogP) is 2.76. The number of hydrogen-bond donors (Lipinski definition) is 2. The van der Waals surface area contributed by atoms with Gasteiger partial charge in [0.05, 0.1) is 11.9 Å². The Kier molecular flexibility index (Phi) is 5.69. The quantitative estimate of drug-likeness (QED) is 0.646. The maximum absolute atomic E-state index is 14.5. The number of rotatable bonds is 6. The molecule has 0 spiro atoms. The molecule has 1 atom stereocenters. The molecule has 3 aromatic rings. The van der Waals surface area contributed by atoms with Crippen LogP contribution in [0.1, 0.15) is 33.4 Å². The maximum atomic E-state index is 14.5. The fourth-order valence-electron chi connectivity index (χ4n) is 2.93. The van der Waals surface area contributed by atoms with Gasteiger partial charge in [-0.3, -0.25) is 9.52 Å². The first-order valence-electron chi connectivity index (χ1n) is 8.76. The van der Waals surface area contributed by atoms with E-state index in [1.54, 1.807) is 61.3 Å². The van der Waals surface area contributed by atoms with E-state index in [9.17, 15) is 17.6 Å². The summed E-state index contributed by atoms with van der Waals surface area (Å²) in [5.41, 5.74) is 1.48. The number of halogens is 1. The van der Waals surface area contributed by atoms with E-state index in [2.05, 4.69) is 15.0 Å². The van der Waals surface area contributed by atoms with Crippen LogP contribution in [0, 0.1) is 12.7 Å². The lowest BCUT2D eigenvalue weighted by atomic mass is 10.0. The van der Waals surface area contributed by atoms with Crippen LogP contribution < -0.4 is 10.0 Å². The Labute approximate surface area is 168 Å². The molecule has 2 aromatic carbocycles. The highest BCUT2D eigenvalue weighted by Crippen LogP contribution is 2.24. The summed E-state index contributed by atoms with van der Waals surface area (Å²) in [7, 11) is -1.75. The molecule has 3 rings (SSSR count). The highest BCUT2D eigenvalue weighted by Gasteiger charge is 2.24. The number of carbonyl (C=O) groups is 1. The molecule has 0 aliphatic carbocycles. The van der Waals surface area contributed by atoms with Crippen LogP contribution in [-0.4, -0.2) is 30.1 Å². The zero-order valence-corrected chi connectivity index (χ0v) is 17.0. The standard InChI is InChI=1S/C20H21FN4O3S/c1-13-8-9-14(12-17(13)24-29(3,27)28)20(26)23-18(19-22-10-11-25(19)2)15-6-4-5-7-16(15)21/h4-12,18,24H,1-3H3,(H,23,26). The second kappa shape index (κ2) is 8.04. The van der Waals surface area contributed by atoms with E-state index >= 15 is 0 Å². The van der Waals surface area contributed by atoms with Gasteiger partial charge in [-0.05, 0) is 30.7 Å². The molecule has 0 radical (unpaired) electrons. The van der Waals surface area contributed by atoms with Crippen LogP contribution in [0.2, 0.25) is 0 Å². The molecule has 1 amide bonds. The molecule has 0 bridgehead atoms. The molecule has 1 unspecified atom stereocenters. The van der Waals surface area contributed by atoms with Crippen LogP contribution in [0.5, 0.6) is 0 Å². The van der Waals surface area contributed by atoms with Gasteiger partial charge in [0.25, 0.3) is 5.91 Å². The predicted molar refractivity (Wildman–Crippen MR) is 109 cm³/mol. The molecule has 0 aliphatic heterocycles. The van der Waals surface area contributed by atoms with Crippen molar-refractivity contribution >= 4 is 21.6 Å². The zero-order valence-electron chi connectivity index (χ0n) is 16.2. The Morgan fingerprint density at radius 1 is 1.21 bits per heavy atom. The number of benzene rings is 2. The summed E-state index contributed by atoms with van der Waals surface area (Å²) < 4.78 is 41.7. The third kappa shape index (κ3) is 4.80. The summed E-state index contributed by atoms with van der Waals surface area (Å²) in [6, 6.07) is 9.99. The van der Waals surface area contributed by atoms with Gasteiger partial charge < -0.3 is 9.88 Å². The van der Waals surface area contributed by atoms with Crippen molar-refractivity contribution in [2.45, 2.75) is 13.0 Å². The van der Waals surface area contributed by atoms with E-state index in [4.69, 9.17) is 0 Å². The molecule has 152 valence electrons. The summed E-state index contributed by atoms with van der Waals surface area (Å²) in [6.45, 7) is 1.73. The van der Waals surface area contributed by atoms with Crippen molar-refractivity contribution < 1.29 is 17.6 Å². The van der Waals surface area contributed by atoms with Crippen molar-refractivity contribution in [3.8, 4) is 0 Å². The number of nitrogens with one attached hydrogen (secondary N) is 2. The Morgan fingerprint density at radius 2 is 1.93 bits per heavy atom. The van der Waals surface area contributed by atoms with Crippen molar-refractivity contribution in [1.82, 2.24) is 14.9 Å². The zero-order chi connectivity index (χ0) is 21.2. The van der Waals surface area contributed by atoms with Crippen molar-refractivity contribution in [3.05, 3.63) is 83.2 Å². The molecule has 9 heteroatoms. The number of anilines is 1. The normalized spacial score (nSPS) is 12.4. The molecular formula is C20H21FN4O3S. The van der Waals surface area contributed by atoms with Gasteiger partial charge in [0.2, 0.25) is 10.0 Å². The van der Waals surface area contributed by atoms with Crippen LogP contribution >= 0.6 is 0 Å². The third-order valence-corrected chi connectivity index (χ3v) is 4.99. The first-order chi connectivity index (χ1) is 13.7. The van der Waals surface area contributed by atoms with Gasteiger partial charge in [-0.25, -0.2) is 17.8 Å². The molecule has 0 saturated carbocycles. The van der Waals surface area contributed by atoms with E-state index in [1.165, 1.54) is 12.1 Å². The minimum Gasteiger partial charge on any atom is -0.338 e. The molecule has 0 saturated heterocycles. The summed E-state index contributed by atoms with van der Waals surface area (Å²) in [5.74, 6) is -0.494. The summed E-state index contributed by atoms with van der Waals surface area (Å²) in [6.07, 6.45) is 4.30. The summed E-state index contributed by atoms with van der Waals surface area (Å²) in [4.78, 5) is 17.2. The van der Waals surface area contributed by atoms with Gasteiger partial charge in [-0.15, -0.1) is 0 Å². The Bertz CT molecular complexity index is 1160. The fourth-order valence-corrected chi connectivity index (χ4v) is 3.55. The van der Waals surface area contributed by atoms with E-state index < -0.39 is 27.8 Å². The fraction of sp³-hybridized carbons (Fsp3) is 0.200. The van der Waals surface area contributed by atoms with Gasteiger partial charge in [-0.1, -0.05) is 24.3 Å². The molecule has 7 nitrogen and oxygen atoms in total. The van der Waals surface area contributed by atoms with E-state index in [1.807, 2.05) is 0 Å². The van der Waals surface area contributed by atoms with Crippen LogP contribution in [0.15, 0.2) is 54.9 Å². The molecule has 29 heavy (non-hydrogen) atoms. The van der Waals surface area contributed by atoms with Gasteiger partial charge in [0.15, 0.2) is 0 Å². The minimum absolute atomic E-state index is 0.234. The van der Waals surface area contributed by atoms with Gasteiger partial charge in [0.1, 0.15) is 17.7 Å². The largest absolute Gasteiger partial charge is 0.338 e. The molecule has 0 aliphatic rings. The average molecular weight is 416 g/mol. The topological polar surface area (TPSA) is 93.1 Å². The molecular weight excluding hydrogens is 395 g/mol. The number of hydrogen-bond acceptors (Lipinski definition) is 4. The second-order valence-electron chi connectivity index (χ2n) is 6.73. The first kappa shape index (κ1) is 20.5.